The van der Waals surface area contributed by atoms with Crippen LogP contribution in [-0.2, 0) is 16.0 Å². The number of guanidine groups is 1. The quantitative estimate of drug-likeness (QED) is 0.249. The molecule has 0 radical (unpaired) electrons. The van der Waals surface area contributed by atoms with E-state index in [4.69, 9.17) is 11.5 Å². The molecule has 0 saturated carbocycles. The Balaban J connectivity index is 2.09. The van der Waals surface area contributed by atoms with Crippen LogP contribution in [0.1, 0.15) is 25.3 Å². The summed E-state index contributed by atoms with van der Waals surface area (Å²) < 4.78 is 0. The number of nitrogens with one attached hydrogen (secondary N) is 2. The van der Waals surface area contributed by atoms with Gasteiger partial charge in [0.15, 0.2) is 5.96 Å². The molecule has 1 amide bonds. The smallest absolute Gasteiger partial charge is 0.331 e. The van der Waals surface area contributed by atoms with E-state index in [-0.39, 0.29) is 29.9 Å². The van der Waals surface area contributed by atoms with E-state index >= 15 is 0 Å². The lowest BCUT2D eigenvalue weighted by Gasteiger charge is -2.35. The van der Waals surface area contributed by atoms with Crippen molar-refractivity contribution in [3.8, 4) is 0 Å². The first-order chi connectivity index (χ1) is 12.9. The van der Waals surface area contributed by atoms with E-state index in [0.29, 0.717) is 6.54 Å². The third-order valence-corrected chi connectivity index (χ3v) is 4.44. The Morgan fingerprint density at radius 3 is 2.56 bits per heavy atom. The summed E-state index contributed by atoms with van der Waals surface area (Å²) in [5, 5.41) is 15.6. The molecular weight excluding hydrogens is 346 g/mol. The molecule has 1 aliphatic carbocycles. The first-order valence-electron chi connectivity index (χ1n) is 8.94. The van der Waals surface area contributed by atoms with Gasteiger partial charge in [0.1, 0.15) is 0 Å². The third-order valence-electron chi connectivity index (χ3n) is 4.44. The van der Waals surface area contributed by atoms with Gasteiger partial charge in [-0.25, -0.2) is 9.79 Å². The van der Waals surface area contributed by atoms with Gasteiger partial charge in [-0.1, -0.05) is 36.4 Å². The number of carbonyl (C=O) groups excluding carboxylic acids is 1. The number of aliphatic imine (C=N–C) groups is 1. The Bertz CT molecular complexity index is 713. The molecule has 0 unspecified atom stereocenters. The number of carboxylic acid groups (broad SMARTS) is 1. The van der Waals surface area contributed by atoms with Crippen molar-refractivity contribution < 1.29 is 14.7 Å². The number of aliphatic carboxylic acids is 1. The van der Waals surface area contributed by atoms with E-state index in [1.165, 1.54) is 12.5 Å². The largest absolute Gasteiger partial charge is 0.478 e. The SMILES string of the molecule is CC(=O)N[C@@H]1[C@@H](N=C(N)N)CC(C(=O)O)=C[C@H]1NCCCc1ccccc1. The van der Waals surface area contributed by atoms with Crippen LogP contribution >= 0.6 is 0 Å². The molecule has 0 saturated heterocycles. The lowest BCUT2D eigenvalue weighted by molar-refractivity contribution is -0.133. The molecule has 3 atom stereocenters. The highest BCUT2D eigenvalue weighted by Gasteiger charge is 2.35. The Labute approximate surface area is 158 Å². The predicted octanol–water partition coefficient (Wildman–Crippen LogP) is 0.139. The van der Waals surface area contributed by atoms with Crippen LogP contribution in [0.4, 0.5) is 0 Å². The van der Waals surface area contributed by atoms with E-state index < -0.39 is 18.1 Å². The molecule has 0 spiro atoms. The zero-order chi connectivity index (χ0) is 19.8. The monoisotopic (exact) mass is 373 g/mol. The van der Waals surface area contributed by atoms with Gasteiger partial charge in [0.05, 0.1) is 12.1 Å². The molecule has 0 fully saturated rings. The summed E-state index contributed by atoms with van der Waals surface area (Å²) in [7, 11) is 0. The third kappa shape index (κ3) is 6.41. The highest BCUT2D eigenvalue weighted by molar-refractivity contribution is 5.87. The number of hydrogen-bond donors (Lipinski definition) is 5. The van der Waals surface area contributed by atoms with Gasteiger partial charge in [0.2, 0.25) is 5.91 Å². The van der Waals surface area contributed by atoms with Crippen molar-refractivity contribution in [2.45, 2.75) is 44.3 Å². The Morgan fingerprint density at radius 1 is 1.26 bits per heavy atom. The van der Waals surface area contributed by atoms with Crippen LogP contribution in [0.25, 0.3) is 0 Å². The highest BCUT2D eigenvalue weighted by atomic mass is 16.4. The molecule has 0 heterocycles. The van der Waals surface area contributed by atoms with Crippen LogP contribution in [-0.4, -0.2) is 47.6 Å². The van der Waals surface area contributed by atoms with Gasteiger partial charge in [-0.05, 0) is 24.9 Å². The fourth-order valence-electron chi connectivity index (χ4n) is 3.27. The Kier molecular flexibility index (Phi) is 7.36. The van der Waals surface area contributed by atoms with Crippen LogP contribution in [0.2, 0.25) is 0 Å². The second kappa shape index (κ2) is 9.72. The summed E-state index contributed by atoms with van der Waals surface area (Å²) >= 11 is 0. The predicted molar refractivity (Wildman–Crippen MR) is 104 cm³/mol. The lowest BCUT2D eigenvalue weighted by atomic mass is 9.86. The van der Waals surface area contributed by atoms with Crippen LogP contribution in [0.5, 0.6) is 0 Å². The molecule has 0 bridgehead atoms. The highest BCUT2D eigenvalue weighted by Crippen LogP contribution is 2.23. The van der Waals surface area contributed by atoms with E-state index in [1.807, 2.05) is 18.2 Å². The summed E-state index contributed by atoms with van der Waals surface area (Å²) in [6, 6.07) is 8.76. The zero-order valence-electron chi connectivity index (χ0n) is 15.4. The summed E-state index contributed by atoms with van der Waals surface area (Å²) in [6.07, 6.45) is 3.57. The number of nitrogens with two attached hydrogens (primary N) is 2. The van der Waals surface area contributed by atoms with Crippen LogP contribution in [0, 0.1) is 0 Å². The van der Waals surface area contributed by atoms with Crippen LogP contribution in [0.3, 0.4) is 0 Å². The normalized spacial score (nSPS) is 21.8. The van der Waals surface area contributed by atoms with Crippen molar-refractivity contribution in [2.75, 3.05) is 6.54 Å². The minimum absolute atomic E-state index is 0.134. The molecule has 146 valence electrons. The summed E-state index contributed by atoms with van der Waals surface area (Å²) in [4.78, 5) is 27.3. The number of carbonyl (C=O) groups is 2. The number of amides is 1. The van der Waals surface area contributed by atoms with Crippen molar-refractivity contribution in [1.82, 2.24) is 10.6 Å². The summed E-state index contributed by atoms with van der Waals surface area (Å²) in [5.41, 5.74) is 12.5. The number of aryl methyl sites for hydroxylation is 1. The maximum absolute atomic E-state index is 11.6. The van der Waals surface area contributed by atoms with Gasteiger partial charge in [-0.3, -0.25) is 4.79 Å². The maximum Gasteiger partial charge on any atom is 0.331 e. The van der Waals surface area contributed by atoms with Crippen molar-refractivity contribution >= 4 is 17.8 Å². The van der Waals surface area contributed by atoms with Crippen molar-refractivity contribution in [1.29, 1.82) is 0 Å². The van der Waals surface area contributed by atoms with Crippen LogP contribution < -0.4 is 22.1 Å². The van der Waals surface area contributed by atoms with Gasteiger partial charge in [0.25, 0.3) is 0 Å². The van der Waals surface area contributed by atoms with Gasteiger partial charge >= 0.3 is 5.97 Å². The number of nitrogens with zero attached hydrogens (tertiary/aromatic N) is 1. The van der Waals surface area contributed by atoms with Crippen molar-refractivity contribution in [2.24, 2.45) is 16.5 Å². The first-order valence-corrected chi connectivity index (χ1v) is 8.94. The molecule has 0 aliphatic heterocycles. The van der Waals surface area contributed by atoms with E-state index in [1.54, 1.807) is 6.08 Å². The van der Waals surface area contributed by atoms with Gasteiger partial charge in [0, 0.05) is 25.0 Å². The number of hydrogen-bond acceptors (Lipinski definition) is 4. The molecule has 1 aromatic carbocycles. The summed E-state index contributed by atoms with van der Waals surface area (Å²) in [5.74, 6) is -1.37. The van der Waals surface area contributed by atoms with Crippen molar-refractivity contribution in [3.05, 3.63) is 47.5 Å². The topological polar surface area (TPSA) is 143 Å². The average molecular weight is 373 g/mol. The molecule has 2 rings (SSSR count). The number of carboxylic acids is 1. The Morgan fingerprint density at radius 2 is 1.96 bits per heavy atom. The molecule has 1 aliphatic rings. The lowest BCUT2D eigenvalue weighted by Crippen LogP contribution is -2.57. The Hall–Kier alpha value is -2.87. The van der Waals surface area contributed by atoms with E-state index in [9.17, 15) is 14.7 Å². The first kappa shape index (κ1) is 20.4. The molecule has 1 aromatic rings. The minimum Gasteiger partial charge on any atom is -0.478 e. The van der Waals surface area contributed by atoms with E-state index in [2.05, 4.69) is 27.8 Å². The fraction of sp³-hybridized carbons (Fsp3) is 0.421. The molecule has 27 heavy (non-hydrogen) atoms. The van der Waals surface area contributed by atoms with Gasteiger partial charge < -0.3 is 27.2 Å². The fourth-order valence-corrected chi connectivity index (χ4v) is 3.27. The number of rotatable bonds is 8. The van der Waals surface area contributed by atoms with Crippen molar-refractivity contribution in [3.63, 3.8) is 0 Å². The average Bonchev–Trinajstić information content (AvgIpc) is 2.60. The number of benzene rings is 1. The molecule has 8 heteroatoms. The second-order valence-corrected chi connectivity index (χ2v) is 6.62. The maximum atomic E-state index is 11.6. The van der Waals surface area contributed by atoms with Gasteiger partial charge in [-0.15, -0.1) is 0 Å². The van der Waals surface area contributed by atoms with E-state index in [0.717, 1.165) is 12.8 Å². The minimum atomic E-state index is -1.01. The zero-order valence-corrected chi connectivity index (χ0v) is 15.4. The molecular formula is C19H27N5O3. The molecule has 0 aromatic heterocycles. The van der Waals surface area contributed by atoms with Crippen LogP contribution in [0.15, 0.2) is 47.0 Å². The van der Waals surface area contributed by atoms with Gasteiger partial charge in [-0.2, -0.15) is 0 Å². The molecule has 8 nitrogen and oxygen atoms in total. The second-order valence-electron chi connectivity index (χ2n) is 6.62. The standard InChI is InChI=1S/C19H27N5O3/c1-12(25)23-17-15(22-9-5-8-13-6-3-2-4-7-13)10-14(18(26)27)11-16(17)24-19(20)21/h2-4,6-7,10,15-17,22H,5,8-9,11H2,1H3,(H,23,25)(H,26,27)(H4,20,21,24)/t15-,16+,17+/m1/s1. The summed E-state index contributed by atoms with van der Waals surface area (Å²) in [6.45, 7) is 2.07. The molecule has 7 N–H and O–H groups in total.